The second-order valence-electron chi connectivity index (χ2n) is 5.54. The quantitative estimate of drug-likeness (QED) is 0.650. The molecule has 2 aromatic carbocycles. The Labute approximate surface area is 138 Å². The van der Waals surface area contributed by atoms with Crippen molar-refractivity contribution < 1.29 is 4.79 Å². The monoisotopic (exact) mass is 356 g/mol. The highest BCUT2D eigenvalue weighted by atomic mass is 79.9. The first-order valence-corrected chi connectivity index (χ1v) is 8.09. The third-order valence-electron chi connectivity index (χ3n) is 3.93. The van der Waals surface area contributed by atoms with E-state index in [1.165, 1.54) is 5.56 Å². The van der Waals surface area contributed by atoms with Crippen LogP contribution in [0.5, 0.6) is 0 Å². The predicted molar refractivity (Wildman–Crippen MR) is 91.8 cm³/mol. The summed E-state index contributed by atoms with van der Waals surface area (Å²) < 4.78 is 0.997. The summed E-state index contributed by atoms with van der Waals surface area (Å²) in [6.45, 7) is 1.89. The molecule has 0 bridgehead atoms. The first-order valence-electron chi connectivity index (χ1n) is 7.30. The fourth-order valence-electron chi connectivity index (χ4n) is 2.55. The van der Waals surface area contributed by atoms with E-state index in [1.807, 2.05) is 49.4 Å². The van der Waals surface area contributed by atoms with Gasteiger partial charge in [0.1, 0.15) is 0 Å². The molecule has 1 aliphatic carbocycles. The standard InChI is InChI=1S/C18H17BrN2O/c1-12(14-8-5-9-15(19)10-14)20-21-18(22)17-11-16(17)13-6-3-2-4-7-13/h2-10,16-17H,11H2,1H3,(H,21,22)/b20-12-/t16-,17+/m0/s1. The van der Waals surface area contributed by atoms with Crippen LogP contribution in [0.15, 0.2) is 64.2 Å². The summed E-state index contributed by atoms with van der Waals surface area (Å²) in [5.74, 6) is 0.382. The van der Waals surface area contributed by atoms with Gasteiger partial charge in [-0.25, -0.2) is 5.43 Å². The third-order valence-corrected chi connectivity index (χ3v) is 4.42. The Morgan fingerprint density at radius 2 is 1.95 bits per heavy atom. The molecule has 2 aromatic rings. The van der Waals surface area contributed by atoms with Crippen molar-refractivity contribution in [2.45, 2.75) is 19.3 Å². The van der Waals surface area contributed by atoms with E-state index in [-0.39, 0.29) is 11.8 Å². The lowest BCUT2D eigenvalue weighted by Crippen LogP contribution is -2.21. The van der Waals surface area contributed by atoms with Gasteiger partial charge in [-0.05, 0) is 42.5 Å². The van der Waals surface area contributed by atoms with Gasteiger partial charge in [0, 0.05) is 10.4 Å². The molecule has 3 nitrogen and oxygen atoms in total. The largest absolute Gasteiger partial charge is 0.273 e. The molecule has 1 aliphatic rings. The lowest BCUT2D eigenvalue weighted by molar-refractivity contribution is -0.122. The summed E-state index contributed by atoms with van der Waals surface area (Å²) in [7, 11) is 0. The SMILES string of the molecule is C/C(=N/NC(=O)[C@@H]1C[C@H]1c1ccccc1)c1cccc(Br)c1. The van der Waals surface area contributed by atoms with E-state index in [1.54, 1.807) is 0 Å². The van der Waals surface area contributed by atoms with Crippen LogP contribution in [0.4, 0.5) is 0 Å². The van der Waals surface area contributed by atoms with Crippen molar-refractivity contribution in [3.05, 3.63) is 70.2 Å². The molecule has 0 radical (unpaired) electrons. The molecule has 0 aliphatic heterocycles. The second-order valence-corrected chi connectivity index (χ2v) is 6.46. The van der Waals surface area contributed by atoms with E-state index in [9.17, 15) is 4.79 Å². The van der Waals surface area contributed by atoms with Gasteiger partial charge in [0.25, 0.3) is 0 Å². The average Bonchev–Trinajstić information content (AvgIpc) is 3.34. The van der Waals surface area contributed by atoms with Gasteiger partial charge in [-0.1, -0.05) is 58.4 Å². The van der Waals surface area contributed by atoms with Crippen LogP contribution in [0.1, 0.15) is 30.4 Å². The lowest BCUT2D eigenvalue weighted by Gasteiger charge is -2.03. The number of rotatable bonds is 4. The zero-order chi connectivity index (χ0) is 15.5. The van der Waals surface area contributed by atoms with Crippen LogP contribution < -0.4 is 5.43 Å². The Morgan fingerprint density at radius 1 is 1.18 bits per heavy atom. The van der Waals surface area contributed by atoms with Crippen LogP contribution in [-0.2, 0) is 4.79 Å². The number of hydrogen-bond donors (Lipinski definition) is 1. The molecule has 1 fully saturated rings. The molecule has 1 amide bonds. The average molecular weight is 357 g/mol. The molecule has 112 valence electrons. The lowest BCUT2D eigenvalue weighted by atomic mass is 10.1. The highest BCUT2D eigenvalue weighted by Crippen LogP contribution is 2.47. The summed E-state index contributed by atoms with van der Waals surface area (Å²) in [5, 5.41) is 4.22. The number of amides is 1. The summed E-state index contributed by atoms with van der Waals surface area (Å²) in [4.78, 5) is 12.2. The number of carbonyl (C=O) groups is 1. The van der Waals surface area contributed by atoms with E-state index >= 15 is 0 Å². The minimum atomic E-state index is 0.00296. The predicted octanol–water partition coefficient (Wildman–Crippen LogP) is 4.09. The molecule has 22 heavy (non-hydrogen) atoms. The number of halogens is 1. The van der Waals surface area contributed by atoms with Crippen molar-refractivity contribution >= 4 is 27.5 Å². The Bertz CT molecular complexity index is 712. The van der Waals surface area contributed by atoms with E-state index < -0.39 is 0 Å². The highest BCUT2D eigenvalue weighted by Gasteiger charge is 2.43. The normalized spacial score (nSPS) is 20.5. The van der Waals surface area contributed by atoms with E-state index in [4.69, 9.17) is 0 Å². The zero-order valence-electron chi connectivity index (χ0n) is 12.3. The number of hydrogen-bond acceptors (Lipinski definition) is 2. The van der Waals surface area contributed by atoms with Gasteiger partial charge in [-0.3, -0.25) is 4.79 Å². The van der Waals surface area contributed by atoms with Crippen LogP contribution in [0.2, 0.25) is 0 Å². The number of nitrogens with one attached hydrogen (secondary N) is 1. The van der Waals surface area contributed by atoms with Crippen molar-refractivity contribution in [1.29, 1.82) is 0 Å². The molecule has 2 atom stereocenters. The molecule has 0 unspecified atom stereocenters. The Kier molecular flexibility index (Phi) is 4.39. The van der Waals surface area contributed by atoms with Crippen LogP contribution in [0.3, 0.4) is 0 Å². The summed E-state index contributed by atoms with van der Waals surface area (Å²) in [6, 6.07) is 18.0. The summed E-state index contributed by atoms with van der Waals surface area (Å²) in [5.41, 5.74) is 5.72. The molecule has 0 saturated heterocycles. The van der Waals surface area contributed by atoms with Gasteiger partial charge in [0.05, 0.1) is 5.71 Å². The van der Waals surface area contributed by atoms with Crippen molar-refractivity contribution in [3.8, 4) is 0 Å². The van der Waals surface area contributed by atoms with Gasteiger partial charge >= 0.3 is 0 Å². The Hall–Kier alpha value is -1.94. The van der Waals surface area contributed by atoms with Gasteiger partial charge in [0.2, 0.25) is 5.91 Å². The summed E-state index contributed by atoms with van der Waals surface area (Å²) in [6.07, 6.45) is 0.904. The Balaban J connectivity index is 1.60. The zero-order valence-corrected chi connectivity index (χ0v) is 13.9. The number of carbonyl (C=O) groups excluding carboxylic acids is 1. The van der Waals surface area contributed by atoms with E-state index in [0.29, 0.717) is 5.92 Å². The van der Waals surface area contributed by atoms with Crippen molar-refractivity contribution in [3.63, 3.8) is 0 Å². The molecule has 0 aromatic heterocycles. The van der Waals surface area contributed by atoms with Crippen molar-refractivity contribution in [2.75, 3.05) is 0 Å². The van der Waals surface area contributed by atoms with Gasteiger partial charge in [0.15, 0.2) is 0 Å². The summed E-state index contributed by atoms with van der Waals surface area (Å²) >= 11 is 3.44. The first-order chi connectivity index (χ1) is 10.6. The number of benzene rings is 2. The maximum absolute atomic E-state index is 12.2. The van der Waals surface area contributed by atoms with Gasteiger partial charge in [-0.15, -0.1) is 0 Å². The molecular weight excluding hydrogens is 340 g/mol. The van der Waals surface area contributed by atoms with Crippen molar-refractivity contribution in [2.24, 2.45) is 11.0 Å². The van der Waals surface area contributed by atoms with E-state index in [2.05, 4.69) is 38.6 Å². The minimum absolute atomic E-state index is 0.00296. The van der Waals surface area contributed by atoms with Gasteiger partial charge in [-0.2, -0.15) is 5.10 Å². The van der Waals surface area contributed by atoms with E-state index in [0.717, 1.165) is 22.2 Å². The smallest absolute Gasteiger partial charge is 0.243 e. The molecule has 1 N–H and O–H groups in total. The maximum Gasteiger partial charge on any atom is 0.243 e. The highest BCUT2D eigenvalue weighted by molar-refractivity contribution is 9.10. The molecule has 0 spiro atoms. The van der Waals surface area contributed by atoms with Gasteiger partial charge < -0.3 is 0 Å². The topological polar surface area (TPSA) is 41.5 Å². The third kappa shape index (κ3) is 3.45. The van der Waals surface area contributed by atoms with Crippen LogP contribution in [0, 0.1) is 5.92 Å². The van der Waals surface area contributed by atoms with Crippen LogP contribution >= 0.6 is 15.9 Å². The first kappa shape index (κ1) is 15.0. The maximum atomic E-state index is 12.2. The molecule has 0 heterocycles. The van der Waals surface area contributed by atoms with Crippen LogP contribution in [-0.4, -0.2) is 11.6 Å². The molecule has 1 saturated carbocycles. The fourth-order valence-corrected chi connectivity index (χ4v) is 2.95. The molecule has 4 heteroatoms. The molecule has 3 rings (SSSR count). The fraction of sp³-hybridized carbons (Fsp3) is 0.222. The second kappa shape index (κ2) is 6.44. The van der Waals surface area contributed by atoms with Crippen LogP contribution in [0.25, 0.3) is 0 Å². The Morgan fingerprint density at radius 3 is 2.68 bits per heavy atom. The number of hydrazone groups is 1. The molecular formula is C18H17BrN2O. The van der Waals surface area contributed by atoms with Crippen molar-refractivity contribution in [1.82, 2.24) is 5.43 Å². The minimum Gasteiger partial charge on any atom is -0.273 e. The number of nitrogens with zero attached hydrogens (tertiary/aromatic N) is 1.